The Morgan fingerprint density at radius 2 is 1.83 bits per heavy atom. The summed E-state index contributed by atoms with van der Waals surface area (Å²) >= 11 is 0. The summed E-state index contributed by atoms with van der Waals surface area (Å²) < 4.78 is 2.50. The average molecular weight is 393 g/mol. The zero-order valence-electron chi connectivity index (χ0n) is 16.5. The highest BCUT2D eigenvalue weighted by molar-refractivity contribution is 5.75. The number of aromatic nitrogens is 4. The van der Waals surface area contributed by atoms with E-state index in [0.717, 1.165) is 21.4 Å². The molecule has 1 N–H and O–H groups in total. The molecule has 3 rings (SSSR count). The van der Waals surface area contributed by atoms with Gasteiger partial charge >= 0.3 is 0 Å². The molecule has 29 heavy (non-hydrogen) atoms. The molecule has 0 radical (unpaired) electrons. The van der Waals surface area contributed by atoms with Gasteiger partial charge in [0.2, 0.25) is 5.91 Å². The van der Waals surface area contributed by atoms with Crippen LogP contribution in [0.25, 0.3) is 11.3 Å². The third-order valence-electron chi connectivity index (χ3n) is 4.48. The Hall–Kier alpha value is -3.55. The van der Waals surface area contributed by atoms with Crippen molar-refractivity contribution in [2.75, 3.05) is 6.54 Å². The molecule has 2 aromatic heterocycles. The number of nitrogens with one attached hydrogen (secondary N) is 1. The summed E-state index contributed by atoms with van der Waals surface area (Å²) in [6.07, 6.45) is 2.09. The van der Waals surface area contributed by atoms with E-state index < -0.39 is 0 Å². The van der Waals surface area contributed by atoms with Crippen LogP contribution in [0.3, 0.4) is 0 Å². The average Bonchev–Trinajstić information content (AvgIpc) is 2.70. The Labute approximate surface area is 167 Å². The molecule has 0 atom stereocenters. The fraction of sp³-hybridized carbons (Fsp3) is 0.286. The quantitative estimate of drug-likeness (QED) is 0.610. The van der Waals surface area contributed by atoms with Gasteiger partial charge in [0.05, 0.1) is 5.69 Å². The molecule has 0 fully saturated rings. The first-order chi connectivity index (χ1) is 13.9. The van der Waals surface area contributed by atoms with Crippen molar-refractivity contribution in [3.05, 3.63) is 80.5 Å². The fourth-order valence-corrected chi connectivity index (χ4v) is 2.92. The molecule has 150 valence electrons. The van der Waals surface area contributed by atoms with Gasteiger partial charge in [0.1, 0.15) is 6.54 Å². The Balaban J connectivity index is 1.61. The zero-order chi connectivity index (χ0) is 20.8. The summed E-state index contributed by atoms with van der Waals surface area (Å²) in [7, 11) is 0. The Bertz CT molecular complexity index is 1130. The summed E-state index contributed by atoms with van der Waals surface area (Å²) in [6.45, 7) is 4.58. The number of carbonyl (C=O) groups excluding carboxylic acids is 1. The maximum atomic E-state index is 12.2. The van der Waals surface area contributed by atoms with E-state index in [1.807, 2.05) is 32.0 Å². The van der Waals surface area contributed by atoms with Gasteiger partial charge in [-0.1, -0.05) is 17.7 Å². The van der Waals surface area contributed by atoms with Crippen molar-refractivity contribution in [1.82, 2.24) is 24.9 Å². The monoisotopic (exact) mass is 393 g/mol. The van der Waals surface area contributed by atoms with Gasteiger partial charge < -0.3 is 5.32 Å². The first-order valence-corrected chi connectivity index (χ1v) is 9.39. The van der Waals surface area contributed by atoms with Gasteiger partial charge in [0, 0.05) is 37.0 Å². The number of carbonyl (C=O) groups is 1. The molecule has 0 saturated carbocycles. The van der Waals surface area contributed by atoms with Crippen LogP contribution >= 0.6 is 0 Å². The highest BCUT2D eigenvalue weighted by Crippen LogP contribution is 2.21. The highest BCUT2D eigenvalue weighted by Gasteiger charge is 2.09. The Kier molecular flexibility index (Phi) is 6.33. The van der Waals surface area contributed by atoms with Crippen LogP contribution in [0.1, 0.15) is 17.5 Å². The summed E-state index contributed by atoms with van der Waals surface area (Å²) in [6, 6.07) is 12.1. The molecule has 8 nitrogen and oxygen atoms in total. The van der Waals surface area contributed by atoms with Crippen molar-refractivity contribution in [2.24, 2.45) is 0 Å². The lowest BCUT2D eigenvalue weighted by Crippen LogP contribution is -2.34. The lowest BCUT2D eigenvalue weighted by molar-refractivity contribution is -0.121. The predicted octanol–water partition coefficient (Wildman–Crippen LogP) is 1.29. The standard InChI is InChI=1S/C21H23N5O3/c1-15-6-7-16(2)17(13-15)18-8-9-21(29)26(24-18)14-19(27)22-10-4-12-25-20(28)5-3-11-23-25/h3,5-9,11,13H,4,10,12,14H2,1-2H3,(H,22,27). The van der Waals surface area contributed by atoms with Crippen LogP contribution in [0.2, 0.25) is 0 Å². The molecular weight excluding hydrogens is 370 g/mol. The first kappa shape index (κ1) is 20.2. The molecule has 2 heterocycles. The topological polar surface area (TPSA) is 98.9 Å². The van der Waals surface area contributed by atoms with E-state index in [2.05, 4.69) is 15.5 Å². The minimum atomic E-state index is -0.339. The maximum Gasteiger partial charge on any atom is 0.267 e. The van der Waals surface area contributed by atoms with E-state index in [4.69, 9.17) is 0 Å². The number of benzene rings is 1. The Morgan fingerprint density at radius 3 is 2.62 bits per heavy atom. The molecular formula is C21H23N5O3. The van der Waals surface area contributed by atoms with E-state index in [9.17, 15) is 14.4 Å². The van der Waals surface area contributed by atoms with Crippen LogP contribution in [-0.4, -0.2) is 32.0 Å². The van der Waals surface area contributed by atoms with E-state index in [0.29, 0.717) is 25.2 Å². The zero-order valence-corrected chi connectivity index (χ0v) is 16.5. The molecule has 0 spiro atoms. The summed E-state index contributed by atoms with van der Waals surface area (Å²) in [5.41, 5.74) is 3.19. The molecule has 0 bridgehead atoms. The smallest absolute Gasteiger partial charge is 0.267 e. The number of rotatable bonds is 7. The lowest BCUT2D eigenvalue weighted by atomic mass is 10.0. The number of aryl methyl sites for hydroxylation is 3. The largest absolute Gasteiger partial charge is 0.354 e. The lowest BCUT2D eigenvalue weighted by Gasteiger charge is -2.10. The Morgan fingerprint density at radius 1 is 1.03 bits per heavy atom. The van der Waals surface area contributed by atoms with Crippen LogP contribution in [0.15, 0.2) is 58.3 Å². The van der Waals surface area contributed by atoms with Crippen molar-refractivity contribution in [3.8, 4) is 11.3 Å². The van der Waals surface area contributed by atoms with Crippen molar-refractivity contribution >= 4 is 5.91 Å². The van der Waals surface area contributed by atoms with Crippen LogP contribution in [0.4, 0.5) is 0 Å². The van der Waals surface area contributed by atoms with Gasteiger partial charge in [0.15, 0.2) is 0 Å². The van der Waals surface area contributed by atoms with Gasteiger partial charge in [-0.3, -0.25) is 14.4 Å². The second-order valence-corrected chi connectivity index (χ2v) is 6.82. The number of amides is 1. The van der Waals surface area contributed by atoms with Crippen molar-refractivity contribution in [2.45, 2.75) is 33.4 Å². The third-order valence-corrected chi connectivity index (χ3v) is 4.48. The van der Waals surface area contributed by atoms with Crippen LogP contribution in [0, 0.1) is 13.8 Å². The second-order valence-electron chi connectivity index (χ2n) is 6.82. The van der Waals surface area contributed by atoms with Gasteiger partial charge in [0.25, 0.3) is 11.1 Å². The van der Waals surface area contributed by atoms with Crippen molar-refractivity contribution < 1.29 is 4.79 Å². The maximum absolute atomic E-state index is 12.2. The van der Waals surface area contributed by atoms with Gasteiger partial charge in [-0.25, -0.2) is 9.36 Å². The summed E-state index contributed by atoms with van der Waals surface area (Å²) in [5, 5.41) is 11.1. The molecule has 8 heteroatoms. The molecule has 0 saturated heterocycles. The molecule has 1 amide bonds. The highest BCUT2D eigenvalue weighted by atomic mass is 16.2. The second kappa shape index (κ2) is 9.09. The van der Waals surface area contributed by atoms with Gasteiger partial charge in [-0.15, -0.1) is 0 Å². The number of hydrogen-bond donors (Lipinski definition) is 1. The number of hydrogen-bond acceptors (Lipinski definition) is 5. The van der Waals surface area contributed by atoms with Gasteiger partial charge in [-0.05, 0) is 44.0 Å². The van der Waals surface area contributed by atoms with E-state index >= 15 is 0 Å². The molecule has 0 unspecified atom stereocenters. The van der Waals surface area contributed by atoms with E-state index in [1.165, 1.54) is 16.8 Å². The van der Waals surface area contributed by atoms with Crippen molar-refractivity contribution in [3.63, 3.8) is 0 Å². The minimum absolute atomic E-state index is 0.166. The normalized spacial score (nSPS) is 10.7. The van der Waals surface area contributed by atoms with E-state index in [-0.39, 0.29) is 23.6 Å². The molecule has 0 aliphatic rings. The van der Waals surface area contributed by atoms with Crippen LogP contribution in [0.5, 0.6) is 0 Å². The molecule has 0 aliphatic carbocycles. The van der Waals surface area contributed by atoms with Crippen LogP contribution in [-0.2, 0) is 17.9 Å². The molecule has 3 aromatic rings. The first-order valence-electron chi connectivity index (χ1n) is 9.39. The fourth-order valence-electron chi connectivity index (χ4n) is 2.92. The molecule has 1 aromatic carbocycles. The SMILES string of the molecule is Cc1ccc(C)c(-c2ccc(=O)n(CC(=O)NCCCn3ncccc3=O)n2)c1. The minimum Gasteiger partial charge on any atom is -0.354 e. The number of nitrogens with zero attached hydrogens (tertiary/aromatic N) is 4. The van der Waals surface area contributed by atoms with Crippen LogP contribution < -0.4 is 16.4 Å². The van der Waals surface area contributed by atoms with Gasteiger partial charge in [-0.2, -0.15) is 10.2 Å². The predicted molar refractivity (Wildman–Crippen MR) is 110 cm³/mol. The summed E-state index contributed by atoms with van der Waals surface area (Å²) in [4.78, 5) is 35.9. The molecule has 0 aliphatic heterocycles. The summed E-state index contributed by atoms with van der Waals surface area (Å²) in [5.74, 6) is -0.314. The van der Waals surface area contributed by atoms with Crippen molar-refractivity contribution in [1.29, 1.82) is 0 Å². The van der Waals surface area contributed by atoms with E-state index in [1.54, 1.807) is 18.3 Å². The third kappa shape index (κ3) is 5.25.